The zero-order chi connectivity index (χ0) is 14.5. The summed E-state index contributed by atoms with van der Waals surface area (Å²) >= 11 is 0. The van der Waals surface area contributed by atoms with Gasteiger partial charge >= 0.3 is 6.03 Å². The fourth-order valence-corrected chi connectivity index (χ4v) is 2.24. The first-order valence-electron chi connectivity index (χ1n) is 6.94. The number of amides is 2. The van der Waals surface area contributed by atoms with Crippen LogP contribution in [0.15, 0.2) is 36.4 Å². The highest BCUT2D eigenvalue weighted by Gasteiger charge is 2.10. The van der Waals surface area contributed by atoms with Gasteiger partial charge < -0.3 is 15.7 Å². The minimum Gasteiger partial charge on any atom is -0.507 e. The van der Waals surface area contributed by atoms with Gasteiger partial charge in [-0.1, -0.05) is 38.1 Å². The van der Waals surface area contributed by atoms with E-state index in [9.17, 15) is 9.90 Å². The monoisotopic (exact) mass is 272 g/mol. The van der Waals surface area contributed by atoms with Crippen LogP contribution in [0.2, 0.25) is 0 Å². The number of hydrogen-bond acceptors (Lipinski definition) is 2. The van der Waals surface area contributed by atoms with Gasteiger partial charge in [0.25, 0.3) is 0 Å². The lowest BCUT2D eigenvalue weighted by Crippen LogP contribution is -2.37. The van der Waals surface area contributed by atoms with E-state index in [1.807, 2.05) is 38.1 Å². The summed E-state index contributed by atoms with van der Waals surface area (Å²) in [5.41, 5.74) is 0.696. The molecule has 0 aliphatic heterocycles. The third kappa shape index (κ3) is 3.02. The van der Waals surface area contributed by atoms with Crippen molar-refractivity contribution in [3.8, 4) is 5.75 Å². The Morgan fingerprint density at radius 3 is 2.45 bits per heavy atom. The molecule has 0 saturated carbocycles. The van der Waals surface area contributed by atoms with Crippen molar-refractivity contribution in [3.63, 3.8) is 0 Å². The van der Waals surface area contributed by atoms with Crippen LogP contribution in [0.25, 0.3) is 10.8 Å². The molecule has 2 aromatic carbocycles. The van der Waals surface area contributed by atoms with E-state index in [-0.39, 0.29) is 17.8 Å². The number of phenolic OH excluding ortho intramolecular Hbond substituents is 1. The molecule has 0 fully saturated rings. The van der Waals surface area contributed by atoms with Crippen LogP contribution in [0.1, 0.15) is 26.7 Å². The summed E-state index contributed by atoms with van der Waals surface area (Å²) in [6.45, 7) is 4.09. The van der Waals surface area contributed by atoms with Gasteiger partial charge in [-0.15, -0.1) is 0 Å². The summed E-state index contributed by atoms with van der Waals surface area (Å²) < 4.78 is 0. The van der Waals surface area contributed by atoms with Crippen LogP contribution >= 0.6 is 0 Å². The molecule has 2 aromatic rings. The minimum atomic E-state index is -0.213. The lowest BCUT2D eigenvalue weighted by Gasteiger charge is -2.16. The Bertz CT molecular complexity index is 606. The van der Waals surface area contributed by atoms with Crippen LogP contribution in [0.5, 0.6) is 5.75 Å². The van der Waals surface area contributed by atoms with E-state index < -0.39 is 0 Å². The van der Waals surface area contributed by atoms with Gasteiger partial charge in [0, 0.05) is 16.8 Å². The average molecular weight is 272 g/mol. The number of phenols is 1. The molecule has 4 nitrogen and oxygen atoms in total. The zero-order valence-corrected chi connectivity index (χ0v) is 11.8. The molecule has 0 unspecified atom stereocenters. The summed E-state index contributed by atoms with van der Waals surface area (Å²) in [5.74, 6) is 0.214. The molecule has 0 radical (unpaired) electrons. The van der Waals surface area contributed by atoms with Gasteiger partial charge in [0.05, 0.1) is 5.69 Å². The second-order valence-corrected chi connectivity index (χ2v) is 4.79. The molecular weight excluding hydrogens is 252 g/mol. The van der Waals surface area contributed by atoms with Crippen molar-refractivity contribution in [2.75, 3.05) is 5.32 Å². The first kappa shape index (κ1) is 14.2. The number of anilines is 1. The largest absolute Gasteiger partial charge is 0.507 e. The minimum absolute atomic E-state index is 0.179. The van der Waals surface area contributed by atoms with Crippen LogP contribution in [0.4, 0.5) is 10.5 Å². The van der Waals surface area contributed by atoms with Gasteiger partial charge in [-0.05, 0) is 25.0 Å². The number of fused-ring (bicyclic) bond motifs is 1. The van der Waals surface area contributed by atoms with E-state index in [2.05, 4.69) is 10.6 Å². The van der Waals surface area contributed by atoms with E-state index in [0.717, 1.165) is 23.6 Å². The van der Waals surface area contributed by atoms with Gasteiger partial charge in [-0.25, -0.2) is 4.79 Å². The highest BCUT2D eigenvalue weighted by Crippen LogP contribution is 2.29. The Balaban J connectivity index is 2.22. The van der Waals surface area contributed by atoms with Crippen molar-refractivity contribution in [3.05, 3.63) is 36.4 Å². The predicted molar refractivity (Wildman–Crippen MR) is 82.1 cm³/mol. The molecular formula is C16H20N2O2. The van der Waals surface area contributed by atoms with Gasteiger partial charge in [0.1, 0.15) is 5.75 Å². The van der Waals surface area contributed by atoms with Crippen molar-refractivity contribution in [1.29, 1.82) is 0 Å². The van der Waals surface area contributed by atoms with Gasteiger partial charge in [-0.2, -0.15) is 0 Å². The maximum Gasteiger partial charge on any atom is 0.319 e. The molecule has 106 valence electrons. The normalized spacial score (nSPS) is 10.8. The highest BCUT2D eigenvalue weighted by atomic mass is 16.3. The molecule has 2 amide bonds. The van der Waals surface area contributed by atoms with Crippen molar-refractivity contribution < 1.29 is 9.90 Å². The first-order chi connectivity index (χ1) is 9.65. The van der Waals surface area contributed by atoms with Crippen molar-refractivity contribution in [2.24, 2.45) is 0 Å². The molecule has 3 N–H and O–H groups in total. The standard InChI is InChI=1S/C16H20N2O2/c1-3-11(4-2)17-16(20)18-14-9-5-8-13-12(14)7-6-10-15(13)19/h5-11,19H,3-4H2,1-2H3,(H2,17,18,20). The summed E-state index contributed by atoms with van der Waals surface area (Å²) in [5, 5.41) is 17.2. The van der Waals surface area contributed by atoms with E-state index in [0.29, 0.717) is 5.69 Å². The number of aromatic hydroxyl groups is 1. The topological polar surface area (TPSA) is 61.4 Å². The molecule has 4 heteroatoms. The molecule has 0 aromatic heterocycles. The van der Waals surface area contributed by atoms with E-state index in [4.69, 9.17) is 0 Å². The Morgan fingerprint density at radius 2 is 1.75 bits per heavy atom. The molecule has 0 saturated heterocycles. The molecule has 0 bridgehead atoms. The number of rotatable bonds is 4. The molecule has 0 aliphatic rings. The Hall–Kier alpha value is -2.23. The second kappa shape index (κ2) is 6.28. The van der Waals surface area contributed by atoms with Crippen molar-refractivity contribution >= 4 is 22.5 Å². The molecule has 0 heterocycles. The number of urea groups is 1. The molecule has 0 atom stereocenters. The van der Waals surface area contributed by atoms with E-state index in [1.54, 1.807) is 12.1 Å². The molecule has 0 spiro atoms. The van der Waals surface area contributed by atoms with Crippen LogP contribution in [-0.4, -0.2) is 17.2 Å². The van der Waals surface area contributed by atoms with Gasteiger partial charge in [-0.3, -0.25) is 0 Å². The fraction of sp³-hybridized carbons (Fsp3) is 0.312. The maximum absolute atomic E-state index is 12.0. The van der Waals surface area contributed by atoms with Gasteiger partial charge in [0.2, 0.25) is 0 Å². The van der Waals surface area contributed by atoms with Crippen LogP contribution in [-0.2, 0) is 0 Å². The second-order valence-electron chi connectivity index (χ2n) is 4.79. The lowest BCUT2D eigenvalue weighted by molar-refractivity contribution is 0.247. The summed E-state index contributed by atoms with van der Waals surface area (Å²) in [6.07, 6.45) is 1.81. The number of carbonyl (C=O) groups is 1. The lowest BCUT2D eigenvalue weighted by atomic mass is 10.1. The predicted octanol–water partition coefficient (Wildman–Crippen LogP) is 3.86. The number of carbonyl (C=O) groups excluding carboxylic acids is 1. The number of nitrogens with one attached hydrogen (secondary N) is 2. The molecule has 2 rings (SSSR count). The van der Waals surface area contributed by atoms with E-state index >= 15 is 0 Å². The Kier molecular flexibility index (Phi) is 4.45. The van der Waals surface area contributed by atoms with Crippen LogP contribution in [0, 0.1) is 0 Å². The van der Waals surface area contributed by atoms with Crippen LogP contribution < -0.4 is 10.6 Å². The summed E-state index contributed by atoms with van der Waals surface area (Å²) in [4.78, 5) is 12.0. The zero-order valence-electron chi connectivity index (χ0n) is 11.8. The third-order valence-electron chi connectivity index (χ3n) is 3.47. The first-order valence-corrected chi connectivity index (χ1v) is 6.94. The number of hydrogen-bond donors (Lipinski definition) is 3. The van der Waals surface area contributed by atoms with Crippen molar-refractivity contribution in [1.82, 2.24) is 5.32 Å². The van der Waals surface area contributed by atoms with Crippen molar-refractivity contribution in [2.45, 2.75) is 32.7 Å². The Morgan fingerprint density at radius 1 is 1.10 bits per heavy atom. The molecule has 20 heavy (non-hydrogen) atoms. The average Bonchev–Trinajstić information content (AvgIpc) is 2.46. The van der Waals surface area contributed by atoms with E-state index in [1.165, 1.54) is 0 Å². The quantitative estimate of drug-likeness (QED) is 0.791. The highest BCUT2D eigenvalue weighted by molar-refractivity contribution is 6.03. The smallest absolute Gasteiger partial charge is 0.319 e. The maximum atomic E-state index is 12.0. The fourth-order valence-electron chi connectivity index (χ4n) is 2.24. The molecule has 0 aliphatic carbocycles. The Labute approximate surface area is 118 Å². The van der Waals surface area contributed by atoms with Crippen LogP contribution in [0.3, 0.4) is 0 Å². The third-order valence-corrected chi connectivity index (χ3v) is 3.47. The summed E-state index contributed by atoms with van der Waals surface area (Å²) in [7, 11) is 0. The summed E-state index contributed by atoms with van der Waals surface area (Å²) in [6, 6.07) is 10.7. The SMILES string of the molecule is CCC(CC)NC(=O)Nc1cccc2c(O)cccc12. The number of benzene rings is 2. The van der Waals surface area contributed by atoms with Gasteiger partial charge in [0.15, 0.2) is 0 Å².